The van der Waals surface area contributed by atoms with Crippen LogP contribution in [0.25, 0.3) is 0 Å². The molecule has 0 aliphatic carbocycles. The summed E-state index contributed by atoms with van der Waals surface area (Å²) in [6, 6.07) is 6.06. The van der Waals surface area contributed by atoms with Gasteiger partial charge >= 0.3 is 0 Å². The van der Waals surface area contributed by atoms with Gasteiger partial charge in [-0.25, -0.2) is 5.43 Å². The zero-order valence-corrected chi connectivity index (χ0v) is 11.5. The molecule has 1 atom stereocenters. The lowest BCUT2D eigenvalue weighted by atomic mass is 10.2. The molecule has 4 nitrogen and oxygen atoms in total. The Bertz CT molecular complexity index is 509. The zero-order valence-electron chi connectivity index (χ0n) is 10.7. The third-order valence-electron chi connectivity index (χ3n) is 2.77. The summed E-state index contributed by atoms with van der Waals surface area (Å²) >= 11 is 1.79. The van der Waals surface area contributed by atoms with E-state index in [1.807, 2.05) is 0 Å². The molecule has 0 saturated carbocycles. The fourth-order valence-corrected chi connectivity index (χ4v) is 2.78. The Labute approximate surface area is 116 Å². The topological polar surface area (TPSA) is 61.7 Å². The molecular weight excluding hydrogens is 260 g/mol. The van der Waals surface area contributed by atoms with Crippen molar-refractivity contribution in [2.24, 2.45) is 5.10 Å². The van der Waals surface area contributed by atoms with Gasteiger partial charge in [-0.2, -0.15) is 5.10 Å². The Morgan fingerprint density at radius 1 is 1.53 bits per heavy atom. The van der Waals surface area contributed by atoms with Gasteiger partial charge in [-0.05, 0) is 42.0 Å². The monoisotopic (exact) mass is 276 g/mol. The van der Waals surface area contributed by atoms with Gasteiger partial charge in [0.25, 0.3) is 5.91 Å². The lowest BCUT2D eigenvalue weighted by molar-refractivity contribution is 0.0955. The molecule has 0 bridgehead atoms. The average molecular weight is 276 g/mol. The van der Waals surface area contributed by atoms with Crippen molar-refractivity contribution in [3.05, 3.63) is 40.8 Å². The molecule has 1 aliphatic heterocycles. The highest BCUT2D eigenvalue weighted by molar-refractivity contribution is 8.04. The molecular formula is C14H16N2O2S. The first kappa shape index (κ1) is 13.7. The van der Waals surface area contributed by atoms with Gasteiger partial charge in [0.1, 0.15) is 5.75 Å². The Morgan fingerprint density at radius 3 is 2.89 bits per heavy atom. The molecule has 5 heteroatoms. The predicted octanol–water partition coefficient (Wildman–Crippen LogP) is 2.91. The number of nitrogens with zero attached hydrogens (tertiary/aromatic N) is 1. The first-order chi connectivity index (χ1) is 9.19. The maximum absolute atomic E-state index is 11.7. The Balaban J connectivity index is 1.82. The Morgan fingerprint density at radius 2 is 2.26 bits per heavy atom. The number of hydrogen-bond acceptors (Lipinski definition) is 4. The van der Waals surface area contributed by atoms with Crippen molar-refractivity contribution < 1.29 is 9.90 Å². The number of benzene rings is 1. The van der Waals surface area contributed by atoms with E-state index in [0.717, 1.165) is 12.8 Å². The minimum absolute atomic E-state index is 0.139. The third kappa shape index (κ3) is 3.86. The number of phenols is 1. The predicted molar refractivity (Wildman–Crippen MR) is 78.4 cm³/mol. The standard InChI is InChI=1S/C14H16N2O2S/c1-2-12-7-8-13(19-12)9-15-16-14(18)10-3-5-11(17)6-4-10/h3-7,9,13,17H,2,8H2,1H3,(H,16,18)/b15-9+. The highest BCUT2D eigenvalue weighted by Gasteiger charge is 2.14. The number of hydrogen-bond donors (Lipinski definition) is 2. The summed E-state index contributed by atoms with van der Waals surface area (Å²) in [5, 5.41) is 13.4. The van der Waals surface area contributed by atoms with Crippen LogP contribution in [0, 0.1) is 0 Å². The first-order valence-electron chi connectivity index (χ1n) is 6.17. The molecule has 100 valence electrons. The van der Waals surface area contributed by atoms with Gasteiger partial charge in [0, 0.05) is 17.0 Å². The smallest absolute Gasteiger partial charge is 0.271 e. The molecule has 1 heterocycles. The van der Waals surface area contributed by atoms with E-state index in [1.165, 1.54) is 17.0 Å². The second-order valence-corrected chi connectivity index (χ2v) is 5.55. The number of rotatable bonds is 4. The van der Waals surface area contributed by atoms with Crippen LogP contribution in [0.5, 0.6) is 5.75 Å². The van der Waals surface area contributed by atoms with Gasteiger partial charge < -0.3 is 5.11 Å². The van der Waals surface area contributed by atoms with Crippen LogP contribution in [0.4, 0.5) is 0 Å². The number of phenolic OH excluding ortho intramolecular Hbond substituents is 1. The van der Waals surface area contributed by atoms with Gasteiger partial charge in [-0.15, -0.1) is 11.8 Å². The van der Waals surface area contributed by atoms with Gasteiger partial charge in [-0.3, -0.25) is 4.79 Å². The lowest BCUT2D eigenvalue weighted by Gasteiger charge is -2.03. The summed E-state index contributed by atoms with van der Waals surface area (Å²) in [7, 11) is 0. The van der Waals surface area contributed by atoms with Crippen LogP contribution in [-0.2, 0) is 0 Å². The normalized spacial score (nSPS) is 18.6. The number of nitrogens with one attached hydrogen (secondary N) is 1. The Kier molecular flexibility index (Phi) is 4.63. The number of thioether (sulfide) groups is 1. The molecule has 0 saturated heterocycles. The molecule has 1 aromatic carbocycles. The van der Waals surface area contributed by atoms with Crippen LogP contribution in [0.1, 0.15) is 30.1 Å². The molecule has 0 radical (unpaired) electrons. The average Bonchev–Trinajstić information content (AvgIpc) is 2.87. The fraction of sp³-hybridized carbons (Fsp3) is 0.286. The van der Waals surface area contributed by atoms with E-state index in [0.29, 0.717) is 10.8 Å². The molecule has 2 rings (SSSR count). The SMILES string of the molecule is CCC1=CCC(/C=N/NC(=O)c2ccc(O)cc2)S1. The summed E-state index contributed by atoms with van der Waals surface area (Å²) in [5.41, 5.74) is 2.96. The van der Waals surface area contributed by atoms with E-state index in [2.05, 4.69) is 23.5 Å². The van der Waals surface area contributed by atoms with E-state index in [1.54, 1.807) is 30.1 Å². The summed E-state index contributed by atoms with van der Waals surface area (Å²) < 4.78 is 0. The zero-order chi connectivity index (χ0) is 13.7. The first-order valence-corrected chi connectivity index (χ1v) is 7.05. The van der Waals surface area contributed by atoms with Gasteiger partial charge in [-0.1, -0.05) is 13.0 Å². The fourth-order valence-electron chi connectivity index (χ4n) is 1.71. The summed E-state index contributed by atoms with van der Waals surface area (Å²) in [6.45, 7) is 2.13. The van der Waals surface area contributed by atoms with Crippen LogP contribution < -0.4 is 5.43 Å². The molecule has 0 fully saturated rings. The number of hydrazone groups is 1. The van der Waals surface area contributed by atoms with E-state index >= 15 is 0 Å². The van der Waals surface area contributed by atoms with Crippen molar-refractivity contribution in [2.45, 2.75) is 25.0 Å². The second kappa shape index (κ2) is 6.43. The van der Waals surface area contributed by atoms with E-state index in [4.69, 9.17) is 5.11 Å². The molecule has 1 aliphatic rings. The molecule has 2 N–H and O–H groups in total. The lowest BCUT2D eigenvalue weighted by Crippen LogP contribution is -2.18. The maximum Gasteiger partial charge on any atom is 0.271 e. The molecule has 0 aromatic heterocycles. The summed E-state index contributed by atoms with van der Waals surface area (Å²) in [5.74, 6) is -0.136. The minimum atomic E-state index is -0.275. The molecule has 1 aromatic rings. The molecule has 19 heavy (non-hydrogen) atoms. The van der Waals surface area contributed by atoms with E-state index in [-0.39, 0.29) is 11.7 Å². The summed E-state index contributed by atoms with van der Waals surface area (Å²) in [4.78, 5) is 13.1. The number of aromatic hydroxyl groups is 1. The van der Waals surface area contributed by atoms with Crippen molar-refractivity contribution >= 4 is 23.9 Å². The van der Waals surface area contributed by atoms with Crippen molar-refractivity contribution in [3.8, 4) is 5.75 Å². The van der Waals surface area contributed by atoms with Crippen LogP contribution in [0.15, 0.2) is 40.3 Å². The highest BCUT2D eigenvalue weighted by Crippen LogP contribution is 2.32. The van der Waals surface area contributed by atoms with Gasteiger partial charge in [0.2, 0.25) is 0 Å². The van der Waals surface area contributed by atoms with Crippen LogP contribution in [-0.4, -0.2) is 22.5 Å². The largest absolute Gasteiger partial charge is 0.508 e. The minimum Gasteiger partial charge on any atom is -0.508 e. The summed E-state index contributed by atoms with van der Waals surface area (Å²) in [6.07, 6.45) is 5.99. The molecule has 1 amide bonds. The van der Waals surface area contributed by atoms with Gasteiger partial charge in [0.05, 0.1) is 0 Å². The van der Waals surface area contributed by atoms with Crippen molar-refractivity contribution in [1.82, 2.24) is 5.43 Å². The van der Waals surface area contributed by atoms with Crippen LogP contribution in [0.3, 0.4) is 0 Å². The molecule has 0 spiro atoms. The van der Waals surface area contributed by atoms with Crippen molar-refractivity contribution in [1.29, 1.82) is 0 Å². The number of carbonyl (C=O) groups is 1. The van der Waals surface area contributed by atoms with Crippen LogP contribution in [0.2, 0.25) is 0 Å². The number of allylic oxidation sites excluding steroid dienone is 2. The number of amides is 1. The Hall–Kier alpha value is -1.75. The number of carbonyl (C=O) groups excluding carboxylic acids is 1. The second-order valence-electron chi connectivity index (χ2n) is 4.18. The quantitative estimate of drug-likeness (QED) is 0.656. The van der Waals surface area contributed by atoms with E-state index in [9.17, 15) is 4.79 Å². The maximum atomic E-state index is 11.7. The van der Waals surface area contributed by atoms with Crippen LogP contribution >= 0.6 is 11.8 Å². The van der Waals surface area contributed by atoms with Gasteiger partial charge in [0.15, 0.2) is 0 Å². The highest BCUT2D eigenvalue weighted by atomic mass is 32.2. The molecule has 1 unspecified atom stereocenters. The van der Waals surface area contributed by atoms with E-state index < -0.39 is 0 Å². The third-order valence-corrected chi connectivity index (χ3v) is 4.14. The van der Waals surface area contributed by atoms with Crippen molar-refractivity contribution in [2.75, 3.05) is 0 Å². The van der Waals surface area contributed by atoms with Crippen molar-refractivity contribution in [3.63, 3.8) is 0 Å².